The molecule has 0 aliphatic rings. The van der Waals surface area contributed by atoms with Crippen LogP contribution in [0.15, 0.2) is 51.7 Å². The van der Waals surface area contributed by atoms with Gasteiger partial charge >= 0.3 is 0 Å². The van der Waals surface area contributed by atoms with Crippen molar-refractivity contribution in [3.05, 3.63) is 52.7 Å². The molecule has 1 heterocycles. The second-order valence-corrected chi connectivity index (χ2v) is 4.28. The van der Waals surface area contributed by atoms with Crippen LogP contribution in [0, 0.1) is 0 Å². The maximum absolute atomic E-state index is 12.1. The highest BCUT2D eigenvalue weighted by Gasteiger charge is 2.19. The van der Waals surface area contributed by atoms with Crippen molar-refractivity contribution in [3.8, 4) is 28.6 Å². The van der Waals surface area contributed by atoms with Gasteiger partial charge in [0.2, 0.25) is 11.2 Å². The summed E-state index contributed by atoms with van der Waals surface area (Å²) >= 11 is 0. The molecule has 0 aliphatic carbocycles. The van der Waals surface area contributed by atoms with Crippen LogP contribution in [0.1, 0.15) is 0 Å². The second-order valence-electron chi connectivity index (χ2n) is 4.28. The van der Waals surface area contributed by atoms with Gasteiger partial charge in [0.25, 0.3) is 0 Å². The fraction of sp³-hybridized carbons (Fsp3) is 0. The molecule has 3 rings (SSSR count). The van der Waals surface area contributed by atoms with Crippen LogP contribution in [0.3, 0.4) is 0 Å². The van der Waals surface area contributed by atoms with Gasteiger partial charge in [-0.15, -0.1) is 0 Å². The van der Waals surface area contributed by atoms with Gasteiger partial charge in [0.1, 0.15) is 5.58 Å². The molecule has 0 unspecified atom stereocenters. The van der Waals surface area contributed by atoms with Crippen LogP contribution in [0.25, 0.3) is 22.3 Å². The fourth-order valence-corrected chi connectivity index (χ4v) is 2.03. The molecule has 0 radical (unpaired) electrons. The fourth-order valence-electron chi connectivity index (χ4n) is 2.03. The van der Waals surface area contributed by atoms with E-state index in [-0.39, 0.29) is 28.0 Å². The van der Waals surface area contributed by atoms with Crippen LogP contribution in [0.2, 0.25) is 0 Å². The molecule has 5 heteroatoms. The number of phenolic OH excluding ortho intramolecular Hbond substituents is 2. The minimum atomic E-state index is -0.607. The van der Waals surface area contributed by atoms with Crippen LogP contribution in [-0.2, 0) is 0 Å². The summed E-state index contributed by atoms with van der Waals surface area (Å²) in [5, 5.41) is 29.5. The van der Waals surface area contributed by atoms with E-state index in [1.54, 1.807) is 18.2 Å². The Morgan fingerprint density at radius 2 is 1.60 bits per heavy atom. The molecule has 20 heavy (non-hydrogen) atoms. The monoisotopic (exact) mass is 270 g/mol. The zero-order valence-electron chi connectivity index (χ0n) is 10.2. The first kappa shape index (κ1) is 12.1. The Labute approximate surface area is 113 Å². The molecule has 1 aromatic heterocycles. The molecule has 100 valence electrons. The SMILES string of the molecule is O=c1c(O)c(-c2cccc(O)c2O)oc2ccccc12. The first-order chi connectivity index (χ1) is 9.59. The highest BCUT2D eigenvalue weighted by molar-refractivity contribution is 5.83. The smallest absolute Gasteiger partial charge is 0.235 e. The van der Waals surface area contributed by atoms with Gasteiger partial charge in [0.15, 0.2) is 17.3 Å². The molecule has 3 N–H and O–H groups in total. The Morgan fingerprint density at radius 1 is 0.850 bits per heavy atom. The minimum Gasteiger partial charge on any atom is -0.504 e. The summed E-state index contributed by atoms with van der Waals surface area (Å²) in [6.07, 6.45) is 0. The third-order valence-corrected chi connectivity index (χ3v) is 3.03. The number of hydrogen-bond donors (Lipinski definition) is 3. The molecule has 0 aliphatic heterocycles. The second kappa shape index (κ2) is 4.31. The van der Waals surface area contributed by atoms with Gasteiger partial charge in [-0.2, -0.15) is 0 Å². The van der Waals surface area contributed by atoms with Gasteiger partial charge in [-0.3, -0.25) is 4.79 Å². The molecule has 5 nitrogen and oxygen atoms in total. The van der Waals surface area contributed by atoms with Crippen molar-refractivity contribution in [2.24, 2.45) is 0 Å². The van der Waals surface area contributed by atoms with E-state index in [9.17, 15) is 20.1 Å². The normalized spacial score (nSPS) is 10.8. The average molecular weight is 270 g/mol. The molecule has 3 aromatic rings. The summed E-state index contributed by atoms with van der Waals surface area (Å²) in [4.78, 5) is 12.1. The van der Waals surface area contributed by atoms with E-state index in [2.05, 4.69) is 0 Å². The zero-order valence-corrected chi connectivity index (χ0v) is 10.2. The number of hydrogen-bond acceptors (Lipinski definition) is 5. The lowest BCUT2D eigenvalue weighted by atomic mass is 10.1. The number of fused-ring (bicyclic) bond motifs is 1. The van der Waals surface area contributed by atoms with Crippen LogP contribution >= 0.6 is 0 Å². The summed E-state index contributed by atoms with van der Waals surface area (Å²) in [5.41, 5.74) is -0.261. The molecule has 0 saturated heterocycles. The maximum Gasteiger partial charge on any atom is 0.235 e. The first-order valence-corrected chi connectivity index (χ1v) is 5.85. The predicted octanol–water partition coefficient (Wildman–Crippen LogP) is 2.58. The number of rotatable bonds is 1. The minimum absolute atomic E-state index is 0.0466. The lowest BCUT2D eigenvalue weighted by Crippen LogP contribution is -2.02. The van der Waals surface area contributed by atoms with E-state index in [4.69, 9.17) is 4.42 Å². The summed E-state index contributed by atoms with van der Waals surface area (Å²) in [5.74, 6) is -1.61. The van der Waals surface area contributed by atoms with Gasteiger partial charge in [0, 0.05) is 0 Å². The van der Waals surface area contributed by atoms with Gasteiger partial charge in [-0.1, -0.05) is 18.2 Å². The molecule has 0 saturated carbocycles. The lowest BCUT2D eigenvalue weighted by Gasteiger charge is -2.08. The van der Waals surface area contributed by atoms with Crippen molar-refractivity contribution in [1.29, 1.82) is 0 Å². The number of phenols is 2. The van der Waals surface area contributed by atoms with Gasteiger partial charge < -0.3 is 19.7 Å². The van der Waals surface area contributed by atoms with Gasteiger partial charge in [-0.25, -0.2) is 0 Å². The van der Waals surface area contributed by atoms with Gasteiger partial charge in [0.05, 0.1) is 10.9 Å². The Balaban J connectivity index is 2.40. The van der Waals surface area contributed by atoms with Crippen molar-refractivity contribution >= 4 is 11.0 Å². The standard InChI is InChI=1S/C15H10O5/c16-10-6-3-5-9(12(10)17)15-14(19)13(18)8-4-1-2-7-11(8)20-15/h1-7,16-17,19H. The quantitative estimate of drug-likeness (QED) is 0.591. The summed E-state index contributed by atoms with van der Waals surface area (Å²) in [6, 6.07) is 10.7. The number of para-hydroxylation sites is 2. The van der Waals surface area contributed by atoms with E-state index in [0.29, 0.717) is 0 Å². The molecular formula is C15H10O5. The molecular weight excluding hydrogens is 260 g/mol. The summed E-state index contributed by atoms with van der Waals surface area (Å²) < 4.78 is 5.47. The van der Waals surface area contributed by atoms with E-state index in [1.165, 1.54) is 24.3 Å². The Kier molecular flexibility index (Phi) is 2.61. The predicted molar refractivity (Wildman–Crippen MR) is 72.9 cm³/mol. The van der Waals surface area contributed by atoms with Crippen LogP contribution in [0.4, 0.5) is 0 Å². The van der Waals surface area contributed by atoms with E-state index >= 15 is 0 Å². The zero-order chi connectivity index (χ0) is 14.3. The summed E-state index contributed by atoms with van der Waals surface area (Å²) in [7, 11) is 0. The van der Waals surface area contributed by atoms with Crippen LogP contribution < -0.4 is 5.43 Å². The highest BCUT2D eigenvalue weighted by atomic mass is 16.4. The average Bonchev–Trinajstić information content (AvgIpc) is 2.46. The largest absolute Gasteiger partial charge is 0.504 e. The lowest BCUT2D eigenvalue weighted by molar-refractivity contribution is 0.402. The van der Waals surface area contributed by atoms with Crippen molar-refractivity contribution in [3.63, 3.8) is 0 Å². The number of benzene rings is 2. The Morgan fingerprint density at radius 3 is 2.40 bits per heavy atom. The molecule has 0 amide bonds. The van der Waals surface area contributed by atoms with Gasteiger partial charge in [-0.05, 0) is 24.3 Å². The van der Waals surface area contributed by atoms with E-state index < -0.39 is 16.9 Å². The summed E-state index contributed by atoms with van der Waals surface area (Å²) in [6.45, 7) is 0. The third-order valence-electron chi connectivity index (χ3n) is 3.03. The van der Waals surface area contributed by atoms with E-state index in [0.717, 1.165) is 0 Å². The van der Waals surface area contributed by atoms with Crippen molar-refractivity contribution < 1.29 is 19.7 Å². The highest BCUT2D eigenvalue weighted by Crippen LogP contribution is 2.39. The molecule has 0 atom stereocenters. The van der Waals surface area contributed by atoms with Crippen LogP contribution in [0.5, 0.6) is 17.2 Å². The third kappa shape index (κ3) is 1.68. The molecule has 0 spiro atoms. The van der Waals surface area contributed by atoms with Crippen LogP contribution in [-0.4, -0.2) is 15.3 Å². The first-order valence-electron chi connectivity index (χ1n) is 5.85. The Hall–Kier alpha value is -2.95. The van der Waals surface area contributed by atoms with Crippen molar-refractivity contribution in [2.45, 2.75) is 0 Å². The maximum atomic E-state index is 12.1. The molecule has 2 aromatic carbocycles. The molecule has 0 bridgehead atoms. The van der Waals surface area contributed by atoms with Crippen molar-refractivity contribution in [1.82, 2.24) is 0 Å². The van der Waals surface area contributed by atoms with Crippen molar-refractivity contribution in [2.75, 3.05) is 0 Å². The molecule has 0 fully saturated rings. The topological polar surface area (TPSA) is 90.9 Å². The van der Waals surface area contributed by atoms with E-state index in [1.807, 2.05) is 0 Å². The Bertz CT molecular complexity index is 864. The number of aromatic hydroxyl groups is 3.